The molecule has 0 aliphatic rings. The second-order valence-corrected chi connectivity index (χ2v) is 6.17. The molecule has 1 N–H and O–H groups in total. The Labute approximate surface area is 116 Å². The van der Waals surface area contributed by atoms with E-state index < -0.39 is 0 Å². The molecule has 0 bridgehead atoms. The summed E-state index contributed by atoms with van der Waals surface area (Å²) in [6.45, 7) is 9.68. The highest BCUT2D eigenvalue weighted by Crippen LogP contribution is 2.31. The third-order valence-electron chi connectivity index (χ3n) is 3.04. The van der Waals surface area contributed by atoms with Gasteiger partial charge in [0.2, 0.25) is 0 Å². The number of rotatable bonds is 6. The lowest BCUT2D eigenvalue weighted by Crippen LogP contribution is -2.26. The summed E-state index contributed by atoms with van der Waals surface area (Å²) in [5.41, 5.74) is 1.18. The Morgan fingerprint density at radius 2 is 2.00 bits per heavy atom. The van der Waals surface area contributed by atoms with E-state index in [0.29, 0.717) is 5.75 Å². The van der Waals surface area contributed by atoms with Gasteiger partial charge in [-0.1, -0.05) is 33.8 Å². The van der Waals surface area contributed by atoms with Crippen molar-refractivity contribution in [3.63, 3.8) is 0 Å². The molecule has 2 nitrogen and oxygen atoms in total. The van der Waals surface area contributed by atoms with Crippen LogP contribution in [0.4, 0.5) is 4.39 Å². The molecule has 1 unspecified atom stereocenters. The van der Waals surface area contributed by atoms with Crippen LogP contribution < -0.4 is 10.1 Å². The molecule has 0 fully saturated rings. The van der Waals surface area contributed by atoms with Crippen molar-refractivity contribution in [2.45, 2.75) is 46.6 Å². The van der Waals surface area contributed by atoms with Crippen LogP contribution >= 0.6 is 0 Å². The van der Waals surface area contributed by atoms with Crippen molar-refractivity contribution in [2.75, 3.05) is 13.7 Å². The second-order valence-electron chi connectivity index (χ2n) is 6.17. The van der Waals surface area contributed by atoms with Crippen LogP contribution in [0.15, 0.2) is 18.2 Å². The molecule has 0 saturated heterocycles. The number of halogens is 1. The minimum absolute atomic E-state index is 0.181. The Balaban J connectivity index is 2.93. The van der Waals surface area contributed by atoms with Crippen molar-refractivity contribution in [3.05, 3.63) is 29.6 Å². The fourth-order valence-electron chi connectivity index (χ4n) is 2.14. The van der Waals surface area contributed by atoms with E-state index in [1.807, 2.05) is 6.07 Å². The van der Waals surface area contributed by atoms with E-state index in [1.54, 1.807) is 12.1 Å². The first-order valence-electron chi connectivity index (χ1n) is 6.94. The lowest BCUT2D eigenvalue weighted by Gasteiger charge is -2.27. The minimum Gasteiger partial charge on any atom is -0.494 e. The number of ether oxygens (including phenoxy) is 1. The number of hydrogen-bond donors (Lipinski definition) is 1. The maximum atomic E-state index is 13.8. The van der Waals surface area contributed by atoms with Crippen molar-refractivity contribution in [2.24, 2.45) is 5.41 Å². The monoisotopic (exact) mass is 267 g/mol. The zero-order valence-electron chi connectivity index (χ0n) is 12.7. The van der Waals surface area contributed by atoms with E-state index in [4.69, 9.17) is 4.74 Å². The highest BCUT2D eigenvalue weighted by molar-refractivity contribution is 5.31. The molecular weight excluding hydrogens is 241 g/mol. The number of nitrogens with one attached hydrogen (secondary N) is 1. The van der Waals surface area contributed by atoms with E-state index in [2.05, 4.69) is 33.0 Å². The molecule has 1 aromatic rings. The first-order chi connectivity index (χ1) is 8.87. The smallest absolute Gasteiger partial charge is 0.165 e. The SMILES string of the molecule is CCCNC(CC(C)(C)C)c1ccc(OC)c(F)c1. The fraction of sp³-hybridized carbons (Fsp3) is 0.625. The van der Waals surface area contributed by atoms with Crippen molar-refractivity contribution >= 4 is 0 Å². The van der Waals surface area contributed by atoms with Crippen molar-refractivity contribution in [3.8, 4) is 5.75 Å². The van der Waals surface area contributed by atoms with Gasteiger partial charge in [0.15, 0.2) is 11.6 Å². The van der Waals surface area contributed by atoms with Crippen LogP contribution in [-0.4, -0.2) is 13.7 Å². The Hall–Kier alpha value is -1.09. The van der Waals surface area contributed by atoms with E-state index in [1.165, 1.54) is 7.11 Å². The van der Waals surface area contributed by atoms with Crippen LogP contribution in [0.5, 0.6) is 5.75 Å². The van der Waals surface area contributed by atoms with Crippen molar-refractivity contribution < 1.29 is 9.13 Å². The Morgan fingerprint density at radius 3 is 2.47 bits per heavy atom. The van der Waals surface area contributed by atoms with Gasteiger partial charge < -0.3 is 10.1 Å². The van der Waals surface area contributed by atoms with Crippen LogP contribution in [0, 0.1) is 11.2 Å². The van der Waals surface area contributed by atoms with Gasteiger partial charge in [-0.3, -0.25) is 0 Å². The van der Waals surface area contributed by atoms with Gasteiger partial charge in [-0.25, -0.2) is 4.39 Å². The summed E-state index contributed by atoms with van der Waals surface area (Å²) in [5.74, 6) is 0.00552. The van der Waals surface area contributed by atoms with Gasteiger partial charge in [0, 0.05) is 6.04 Å². The minimum atomic E-state index is -0.294. The summed E-state index contributed by atoms with van der Waals surface area (Å²) in [5, 5.41) is 3.50. The molecule has 1 atom stereocenters. The molecule has 1 rings (SSSR count). The molecule has 0 saturated carbocycles. The summed E-state index contributed by atoms with van der Waals surface area (Å²) < 4.78 is 18.8. The van der Waals surface area contributed by atoms with Gasteiger partial charge in [0.1, 0.15) is 0 Å². The maximum Gasteiger partial charge on any atom is 0.165 e. The molecule has 0 radical (unpaired) electrons. The standard InChI is InChI=1S/C16H26FNO/c1-6-9-18-14(11-16(2,3)4)12-7-8-15(19-5)13(17)10-12/h7-8,10,14,18H,6,9,11H2,1-5H3. The van der Waals surface area contributed by atoms with Crippen LogP contribution in [0.25, 0.3) is 0 Å². The third kappa shape index (κ3) is 5.19. The summed E-state index contributed by atoms with van der Waals surface area (Å²) in [7, 11) is 1.49. The quantitative estimate of drug-likeness (QED) is 0.829. The lowest BCUT2D eigenvalue weighted by molar-refractivity contribution is 0.310. The van der Waals surface area contributed by atoms with Gasteiger partial charge in [0.25, 0.3) is 0 Å². The Bertz CT molecular complexity index is 398. The van der Waals surface area contributed by atoms with E-state index >= 15 is 0 Å². The topological polar surface area (TPSA) is 21.3 Å². The molecule has 0 spiro atoms. The molecule has 108 valence electrons. The highest BCUT2D eigenvalue weighted by Gasteiger charge is 2.20. The largest absolute Gasteiger partial charge is 0.494 e. The molecule has 0 aliphatic heterocycles. The van der Waals surface area contributed by atoms with Crippen LogP contribution in [0.2, 0.25) is 0 Å². The molecule has 1 aromatic carbocycles. The summed E-state index contributed by atoms with van der Waals surface area (Å²) in [6.07, 6.45) is 2.04. The molecule has 0 aromatic heterocycles. The number of methoxy groups -OCH3 is 1. The van der Waals surface area contributed by atoms with Crippen LogP contribution in [0.1, 0.15) is 52.1 Å². The lowest BCUT2D eigenvalue weighted by atomic mass is 9.85. The molecule has 3 heteroatoms. The van der Waals surface area contributed by atoms with Gasteiger partial charge in [0.05, 0.1) is 7.11 Å². The van der Waals surface area contributed by atoms with Gasteiger partial charge in [-0.15, -0.1) is 0 Å². The Morgan fingerprint density at radius 1 is 1.32 bits per heavy atom. The predicted octanol–water partition coefficient (Wildman–Crippen LogP) is 4.31. The predicted molar refractivity (Wildman–Crippen MR) is 78.1 cm³/mol. The number of hydrogen-bond acceptors (Lipinski definition) is 2. The van der Waals surface area contributed by atoms with Crippen molar-refractivity contribution in [1.82, 2.24) is 5.32 Å². The Kier molecular flexibility index (Phi) is 5.80. The summed E-state index contributed by atoms with van der Waals surface area (Å²) in [6, 6.07) is 5.41. The third-order valence-corrected chi connectivity index (χ3v) is 3.04. The van der Waals surface area contributed by atoms with Gasteiger partial charge in [-0.2, -0.15) is 0 Å². The van der Waals surface area contributed by atoms with E-state index in [9.17, 15) is 4.39 Å². The van der Waals surface area contributed by atoms with Crippen LogP contribution in [0.3, 0.4) is 0 Å². The zero-order chi connectivity index (χ0) is 14.5. The molecule has 0 aliphatic carbocycles. The molecule has 0 heterocycles. The van der Waals surface area contributed by atoms with E-state index in [-0.39, 0.29) is 17.3 Å². The summed E-state index contributed by atoms with van der Waals surface area (Å²) in [4.78, 5) is 0. The molecule has 19 heavy (non-hydrogen) atoms. The average molecular weight is 267 g/mol. The van der Waals surface area contributed by atoms with Crippen LogP contribution in [-0.2, 0) is 0 Å². The average Bonchev–Trinajstić information content (AvgIpc) is 2.33. The molecule has 0 amide bonds. The van der Waals surface area contributed by atoms with Gasteiger partial charge >= 0.3 is 0 Å². The first-order valence-corrected chi connectivity index (χ1v) is 6.94. The van der Waals surface area contributed by atoms with Crippen molar-refractivity contribution in [1.29, 1.82) is 0 Å². The van der Waals surface area contributed by atoms with Gasteiger partial charge in [-0.05, 0) is 42.5 Å². The number of benzene rings is 1. The second kappa shape index (κ2) is 6.90. The fourth-order valence-corrected chi connectivity index (χ4v) is 2.14. The molecular formula is C16H26FNO. The summed E-state index contributed by atoms with van der Waals surface area (Å²) >= 11 is 0. The maximum absolute atomic E-state index is 13.8. The normalized spacial score (nSPS) is 13.4. The van der Waals surface area contributed by atoms with E-state index in [0.717, 1.165) is 24.9 Å². The highest BCUT2D eigenvalue weighted by atomic mass is 19.1. The first kappa shape index (κ1) is 16.0. The zero-order valence-corrected chi connectivity index (χ0v) is 12.7.